The lowest BCUT2D eigenvalue weighted by Gasteiger charge is -2.08. The first-order valence-corrected chi connectivity index (χ1v) is 7.30. The summed E-state index contributed by atoms with van der Waals surface area (Å²) in [4.78, 5) is 0.160. The van der Waals surface area contributed by atoms with Crippen LogP contribution in [-0.4, -0.2) is 15.5 Å². The molecule has 1 N–H and O–H groups in total. The highest BCUT2D eigenvalue weighted by atomic mass is 35.5. The predicted octanol–water partition coefficient (Wildman–Crippen LogP) is 3.15. The standard InChI is InChI=1S/C13H12ClNO3S/c1-18-12-5-7-13(8-6-12)19(16,17)15-11-4-2-3-10(14)9-11/h2-9,15H,1H3. The van der Waals surface area contributed by atoms with Gasteiger partial charge in [0.25, 0.3) is 10.0 Å². The highest BCUT2D eigenvalue weighted by Gasteiger charge is 2.14. The summed E-state index contributed by atoms with van der Waals surface area (Å²) >= 11 is 5.81. The van der Waals surface area contributed by atoms with Crippen molar-refractivity contribution in [1.29, 1.82) is 0 Å². The third kappa shape index (κ3) is 3.39. The Kier molecular flexibility index (Phi) is 3.97. The number of ether oxygens (including phenoxy) is 1. The molecule has 0 saturated heterocycles. The molecule has 0 bridgehead atoms. The molecule has 19 heavy (non-hydrogen) atoms. The molecule has 0 aliphatic rings. The molecule has 0 aliphatic carbocycles. The molecule has 2 aromatic carbocycles. The fraction of sp³-hybridized carbons (Fsp3) is 0.0769. The molecular formula is C13H12ClNO3S. The smallest absolute Gasteiger partial charge is 0.261 e. The first kappa shape index (κ1) is 13.7. The van der Waals surface area contributed by atoms with Crippen LogP contribution >= 0.6 is 11.6 Å². The summed E-state index contributed by atoms with van der Waals surface area (Å²) < 4.78 is 31.7. The molecular weight excluding hydrogens is 286 g/mol. The Bertz CT molecular complexity index is 669. The van der Waals surface area contributed by atoms with E-state index in [1.807, 2.05) is 0 Å². The maximum Gasteiger partial charge on any atom is 0.261 e. The Hall–Kier alpha value is -1.72. The van der Waals surface area contributed by atoms with E-state index in [0.29, 0.717) is 16.5 Å². The van der Waals surface area contributed by atoms with Gasteiger partial charge in [0, 0.05) is 5.02 Å². The van der Waals surface area contributed by atoms with E-state index in [1.165, 1.54) is 19.2 Å². The first-order chi connectivity index (χ1) is 9.01. The van der Waals surface area contributed by atoms with E-state index in [0.717, 1.165) is 0 Å². The fourth-order valence-electron chi connectivity index (χ4n) is 1.52. The van der Waals surface area contributed by atoms with Crippen molar-refractivity contribution in [3.05, 3.63) is 53.6 Å². The van der Waals surface area contributed by atoms with Crippen LogP contribution in [0.25, 0.3) is 0 Å². The van der Waals surface area contributed by atoms with Crippen LogP contribution in [0.5, 0.6) is 5.75 Å². The van der Waals surface area contributed by atoms with Crippen LogP contribution in [0.15, 0.2) is 53.4 Å². The molecule has 2 rings (SSSR count). The Balaban J connectivity index is 2.27. The zero-order valence-electron chi connectivity index (χ0n) is 10.1. The van der Waals surface area contributed by atoms with Gasteiger partial charge in [0.05, 0.1) is 17.7 Å². The quantitative estimate of drug-likeness (QED) is 0.943. The average molecular weight is 298 g/mol. The second-order valence-electron chi connectivity index (χ2n) is 3.79. The van der Waals surface area contributed by atoms with Crippen molar-refractivity contribution >= 4 is 27.3 Å². The highest BCUT2D eigenvalue weighted by molar-refractivity contribution is 7.92. The third-order valence-electron chi connectivity index (χ3n) is 2.45. The van der Waals surface area contributed by atoms with Gasteiger partial charge < -0.3 is 4.74 Å². The number of anilines is 1. The monoisotopic (exact) mass is 297 g/mol. The Morgan fingerprint density at radius 1 is 1.11 bits per heavy atom. The summed E-state index contributed by atoms with van der Waals surface area (Å²) in [5.41, 5.74) is 0.420. The van der Waals surface area contributed by atoms with Gasteiger partial charge in [-0.1, -0.05) is 17.7 Å². The van der Waals surface area contributed by atoms with E-state index in [2.05, 4.69) is 4.72 Å². The number of rotatable bonds is 4. The minimum absolute atomic E-state index is 0.160. The molecule has 100 valence electrons. The predicted molar refractivity (Wildman–Crippen MR) is 75.3 cm³/mol. The maximum absolute atomic E-state index is 12.1. The van der Waals surface area contributed by atoms with Gasteiger partial charge in [-0.25, -0.2) is 8.42 Å². The molecule has 0 fully saturated rings. The van der Waals surface area contributed by atoms with Crippen LogP contribution in [0.4, 0.5) is 5.69 Å². The first-order valence-electron chi connectivity index (χ1n) is 5.44. The summed E-state index contributed by atoms with van der Waals surface area (Å²) in [6.07, 6.45) is 0. The molecule has 2 aromatic rings. The summed E-state index contributed by atoms with van der Waals surface area (Å²) in [5, 5.41) is 0.468. The van der Waals surface area contributed by atoms with Crippen LogP contribution in [-0.2, 0) is 10.0 Å². The largest absolute Gasteiger partial charge is 0.497 e. The minimum Gasteiger partial charge on any atom is -0.497 e. The van der Waals surface area contributed by atoms with Gasteiger partial charge >= 0.3 is 0 Å². The summed E-state index contributed by atoms with van der Waals surface area (Å²) in [6, 6.07) is 12.7. The van der Waals surface area contributed by atoms with E-state index < -0.39 is 10.0 Å². The van der Waals surface area contributed by atoms with E-state index in [4.69, 9.17) is 16.3 Å². The van der Waals surface area contributed by atoms with Crippen molar-refractivity contribution in [2.45, 2.75) is 4.90 Å². The van der Waals surface area contributed by atoms with Gasteiger partial charge in [0.15, 0.2) is 0 Å². The zero-order chi connectivity index (χ0) is 13.9. The van der Waals surface area contributed by atoms with Gasteiger partial charge in [-0.15, -0.1) is 0 Å². The van der Waals surface area contributed by atoms with Crippen molar-refractivity contribution in [3.63, 3.8) is 0 Å². The minimum atomic E-state index is -3.62. The number of nitrogens with one attached hydrogen (secondary N) is 1. The van der Waals surface area contributed by atoms with Crippen molar-refractivity contribution < 1.29 is 13.2 Å². The van der Waals surface area contributed by atoms with Gasteiger partial charge in [-0.05, 0) is 42.5 Å². The van der Waals surface area contributed by atoms with Crippen molar-refractivity contribution in [2.75, 3.05) is 11.8 Å². The second kappa shape index (κ2) is 5.50. The Morgan fingerprint density at radius 3 is 2.37 bits per heavy atom. The highest BCUT2D eigenvalue weighted by Crippen LogP contribution is 2.21. The van der Waals surface area contributed by atoms with Crippen LogP contribution in [0.3, 0.4) is 0 Å². The van der Waals surface area contributed by atoms with Gasteiger partial charge in [0.2, 0.25) is 0 Å². The average Bonchev–Trinajstić information content (AvgIpc) is 2.38. The van der Waals surface area contributed by atoms with Gasteiger partial charge in [-0.3, -0.25) is 4.72 Å². The molecule has 0 atom stereocenters. The topological polar surface area (TPSA) is 55.4 Å². The van der Waals surface area contributed by atoms with Gasteiger partial charge in [-0.2, -0.15) is 0 Å². The summed E-state index contributed by atoms with van der Waals surface area (Å²) in [5.74, 6) is 0.599. The van der Waals surface area contributed by atoms with Crippen molar-refractivity contribution in [1.82, 2.24) is 0 Å². The fourth-order valence-corrected chi connectivity index (χ4v) is 2.76. The van der Waals surface area contributed by atoms with Crippen LogP contribution in [0, 0.1) is 0 Å². The molecule has 0 aromatic heterocycles. The van der Waals surface area contributed by atoms with Crippen molar-refractivity contribution in [3.8, 4) is 5.75 Å². The molecule has 6 heteroatoms. The molecule has 0 amide bonds. The lowest BCUT2D eigenvalue weighted by molar-refractivity contribution is 0.414. The van der Waals surface area contributed by atoms with Crippen LogP contribution in [0.1, 0.15) is 0 Å². The molecule has 4 nitrogen and oxygen atoms in total. The number of hydrogen-bond donors (Lipinski definition) is 1. The van der Waals surface area contributed by atoms with E-state index in [1.54, 1.807) is 36.4 Å². The molecule has 0 aliphatic heterocycles. The lowest BCUT2D eigenvalue weighted by Crippen LogP contribution is -2.12. The van der Waals surface area contributed by atoms with Crippen LogP contribution in [0.2, 0.25) is 5.02 Å². The van der Waals surface area contributed by atoms with E-state index in [9.17, 15) is 8.42 Å². The summed E-state index contributed by atoms with van der Waals surface area (Å²) in [7, 11) is -2.10. The number of halogens is 1. The number of benzene rings is 2. The normalized spacial score (nSPS) is 11.1. The molecule has 0 spiro atoms. The molecule has 0 saturated carbocycles. The lowest BCUT2D eigenvalue weighted by atomic mass is 10.3. The second-order valence-corrected chi connectivity index (χ2v) is 5.91. The SMILES string of the molecule is COc1ccc(S(=O)(=O)Nc2cccc(Cl)c2)cc1. The molecule has 0 heterocycles. The number of methoxy groups -OCH3 is 1. The summed E-state index contributed by atoms with van der Waals surface area (Å²) in [6.45, 7) is 0. The van der Waals surface area contributed by atoms with E-state index in [-0.39, 0.29) is 4.90 Å². The van der Waals surface area contributed by atoms with Gasteiger partial charge in [0.1, 0.15) is 5.75 Å². The third-order valence-corrected chi connectivity index (χ3v) is 4.08. The number of hydrogen-bond acceptors (Lipinski definition) is 3. The maximum atomic E-state index is 12.1. The molecule has 0 unspecified atom stereocenters. The Labute approximate surface area is 117 Å². The van der Waals surface area contributed by atoms with Crippen LogP contribution < -0.4 is 9.46 Å². The molecule has 0 radical (unpaired) electrons. The van der Waals surface area contributed by atoms with Crippen molar-refractivity contribution in [2.24, 2.45) is 0 Å². The zero-order valence-corrected chi connectivity index (χ0v) is 11.7. The van der Waals surface area contributed by atoms with E-state index >= 15 is 0 Å². The number of sulfonamides is 1. The Morgan fingerprint density at radius 2 is 1.79 bits per heavy atom.